The summed E-state index contributed by atoms with van der Waals surface area (Å²) in [6.45, 7) is 0. The van der Waals surface area contributed by atoms with Crippen LogP contribution in [0.25, 0.3) is 110 Å². The molecular weight excluding hydrogens is 693 g/mol. The number of hydrogen-bond acceptors (Lipinski definition) is 1. The van der Waals surface area contributed by atoms with E-state index in [4.69, 9.17) is 4.42 Å². The largest absolute Gasteiger partial charge is 0.456 e. The first-order valence-corrected chi connectivity index (χ1v) is 19.5. The van der Waals surface area contributed by atoms with Crippen LogP contribution < -0.4 is 0 Å². The van der Waals surface area contributed by atoms with Gasteiger partial charge in [0, 0.05) is 32.6 Å². The van der Waals surface area contributed by atoms with Gasteiger partial charge in [0.25, 0.3) is 0 Å². The Morgan fingerprint density at radius 1 is 0.298 bits per heavy atom. The van der Waals surface area contributed by atoms with E-state index in [9.17, 15) is 0 Å². The summed E-state index contributed by atoms with van der Waals surface area (Å²) >= 11 is 0. The van der Waals surface area contributed by atoms with Gasteiger partial charge in [0.15, 0.2) is 0 Å². The van der Waals surface area contributed by atoms with Gasteiger partial charge >= 0.3 is 0 Å². The molecule has 12 aromatic rings. The Hall–Kier alpha value is -7.62. The maximum absolute atomic E-state index is 6.70. The van der Waals surface area contributed by atoms with Crippen molar-refractivity contribution >= 4 is 65.6 Å². The lowest BCUT2D eigenvalue weighted by atomic mass is 9.95. The van der Waals surface area contributed by atoms with E-state index in [-0.39, 0.29) is 0 Å². The first kappa shape index (κ1) is 31.7. The molecule has 3 heteroatoms. The second-order valence-corrected chi connectivity index (χ2v) is 14.9. The highest BCUT2D eigenvalue weighted by molar-refractivity contribution is 6.23. The molecule has 0 aliphatic carbocycles. The van der Waals surface area contributed by atoms with Gasteiger partial charge in [0.2, 0.25) is 0 Å². The van der Waals surface area contributed by atoms with Crippen molar-refractivity contribution in [1.29, 1.82) is 0 Å². The Morgan fingerprint density at radius 3 is 1.51 bits per heavy atom. The number of nitrogens with zero attached hydrogens (tertiary/aromatic N) is 2. The van der Waals surface area contributed by atoms with Crippen LogP contribution in [0.4, 0.5) is 0 Å². The van der Waals surface area contributed by atoms with E-state index < -0.39 is 0 Å². The molecule has 3 aromatic heterocycles. The summed E-state index contributed by atoms with van der Waals surface area (Å²) in [5.74, 6) is 0. The van der Waals surface area contributed by atoms with Crippen molar-refractivity contribution in [3.05, 3.63) is 206 Å². The smallest absolute Gasteiger partial charge is 0.138 e. The summed E-state index contributed by atoms with van der Waals surface area (Å²) in [6.07, 6.45) is 0. The highest BCUT2D eigenvalue weighted by Crippen LogP contribution is 2.46. The highest BCUT2D eigenvalue weighted by Gasteiger charge is 2.23. The van der Waals surface area contributed by atoms with Crippen LogP contribution in [0.2, 0.25) is 0 Å². The third-order valence-corrected chi connectivity index (χ3v) is 11.7. The molecule has 3 nitrogen and oxygen atoms in total. The van der Waals surface area contributed by atoms with Crippen LogP contribution in [0.1, 0.15) is 0 Å². The van der Waals surface area contributed by atoms with E-state index in [1.165, 1.54) is 54.8 Å². The molecule has 0 saturated heterocycles. The molecule has 0 atom stereocenters. The van der Waals surface area contributed by atoms with E-state index in [0.717, 1.165) is 55.5 Å². The molecule has 0 unspecified atom stereocenters. The van der Waals surface area contributed by atoms with E-state index in [2.05, 4.69) is 215 Å². The predicted molar refractivity (Wildman–Crippen MR) is 239 cm³/mol. The van der Waals surface area contributed by atoms with Gasteiger partial charge in [-0.05, 0) is 94.0 Å². The first-order chi connectivity index (χ1) is 28.3. The second kappa shape index (κ2) is 12.5. The Morgan fingerprint density at radius 2 is 0.807 bits per heavy atom. The van der Waals surface area contributed by atoms with Crippen molar-refractivity contribution in [3.63, 3.8) is 0 Å². The summed E-state index contributed by atoms with van der Waals surface area (Å²) in [5.41, 5.74) is 15.8. The first-order valence-electron chi connectivity index (χ1n) is 19.5. The Balaban J connectivity index is 1.16. The fourth-order valence-electron chi connectivity index (χ4n) is 9.29. The zero-order valence-corrected chi connectivity index (χ0v) is 30.9. The van der Waals surface area contributed by atoms with Crippen molar-refractivity contribution in [1.82, 2.24) is 9.13 Å². The maximum atomic E-state index is 6.70. The molecule has 0 amide bonds. The van der Waals surface area contributed by atoms with E-state index in [1.807, 2.05) is 0 Å². The molecule has 12 rings (SSSR count). The second-order valence-electron chi connectivity index (χ2n) is 14.9. The van der Waals surface area contributed by atoms with Crippen molar-refractivity contribution in [2.24, 2.45) is 0 Å². The number of rotatable bonds is 5. The molecular formula is C54H34N2O. The normalized spacial score (nSPS) is 11.9. The van der Waals surface area contributed by atoms with Gasteiger partial charge in [-0.2, -0.15) is 0 Å². The monoisotopic (exact) mass is 726 g/mol. The number of furan rings is 1. The van der Waals surface area contributed by atoms with Crippen molar-refractivity contribution in [2.75, 3.05) is 0 Å². The van der Waals surface area contributed by atoms with Crippen LogP contribution in [-0.4, -0.2) is 9.13 Å². The van der Waals surface area contributed by atoms with Gasteiger partial charge in [-0.15, -0.1) is 0 Å². The lowest BCUT2D eigenvalue weighted by Gasteiger charge is -2.14. The quantitative estimate of drug-likeness (QED) is 0.173. The van der Waals surface area contributed by atoms with Crippen LogP contribution in [-0.2, 0) is 0 Å². The topological polar surface area (TPSA) is 23.0 Å². The number of fused-ring (bicyclic) bond motifs is 9. The van der Waals surface area contributed by atoms with Crippen LogP contribution in [0, 0.1) is 0 Å². The number of aromatic nitrogens is 2. The lowest BCUT2D eigenvalue weighted by Crippen LogP contribution is -1.96. The Bertz CT molecular complexity index is 3510. The van der Waals surface area contributed by atoms with Gasteiger partial charge in [-0.25, -0.2) is 0 Å². The maximum Gasteiger partial charge on any atom is 0.138 e. The third kappa shape index (κ3) is 4.79. The minimum atomic E-state index is 0.870. The van der Waals surface area contributed by atoms with Gasteiger partial charge in [-0.1, -0.05) is 146 Å². The Labute approximate surface area is 328 Å². The zero-order valence-electron chi connectivity index (χ0n) is 30.9. The summed E-state index contributed by atoms with van der Waals surface area (Å²) in [5, 5.41) is 7.15. The Kier molecular flexibility index (Phi) is 6.93. The summed E-state index contributed by atoms with van der Waals surface area (Å²) in [6, 6.07) is 74.4. The van der Waals surface area contributed by atoms with Gasteiger partial charge in [-0.3, -0.25) is 0 Å². The zero-order chi connectivity index (χ0) is 37.5. The predicted octanol–water partition coefficient (Wildman–Crippen LogP) is 14.8. The van der Waals surface area contributed by atoms with Crippen molar-refractivity contribution in [3.8, 4) is 44.8 Å². The molecule has 0 bridgehead atoms. The van der Waals surface area contributed by atoms with Gasteiger partial charge in [0.05, 0.1) is 33.1 Å². The fraction of sp³-hybridized carbons (Fsp3) is 0. The minimum Gasteiger partial charge on any atom is -0.456 e. The summed E-state index contributed by atoms with van der Waals surface area (Å²) in [7, 11) is 0. The molecule has 266 valence electrons. The average molecular weight is 727 g/mol. The number of benzene rings is 9. The van der Waals surface area contributed by atoms with Crippen LogP contribution in [0.3, 0.4) is 0 Å². The summed E-state index contributed by atoms with van der Waals surface area (Å²) in [4.78, 5) is 0. The van der Waals surface area contributed by atoms with E-state index in [0.29, 0.717) is 0 Å². The molecule has 0 saturated carbocycles. The molecule has 57 heavy (non-hydrogen) atoms. The summed E-state index contributed by atoms with van der Waals surface area (Å²) < 4.78 is 11.6. The molecule has 0 aliphatic heterocycles. The standard InChI is InChI=1S/C54H34N2O/c1-3-16-35(17-4-1)36-18-13-19-37(32-36)38-33-49(54-44-24-9-12-31-50(44)57-51(54)34-38)56-46-28-11-8-23-43(46)53-41(26-15-30-48(53)56)40-25-14-29-47-52(40)42-22-7-10-27-45(42)55(47)39-20-5-2-6-21-39/h1-34H. The van der Waals surface area contributed by atoms with Crippen LogP contribution >= 0.6 is 0 Å². The molecule has 0 N–H and O–H groups in total. The average Bonchev–Trinajstić information content (AvgIpc) is 3.95. The molecule has 3 heterocycles. The molecule has 0 spiro atoms. The van der Waals surface area contributed by atoms with E-state index in [1.54, 1.807) is 0 Å². The number of para-hydroxylation sites is 4. The fourth-order valence-corrected chi connectivity index (χ4v) is 9.29. The molecule has 0 fully saturated rings. The third-order valence-electron chi connectivity index (χ3n) is 11.7. The van der Waals surface area contributed by atoms with Gasteiger partial charge < -0.3 is 13.6 Å². The SMILES string of the molecule is c1ccc(-c2cccc(-c3cc(-n4c5ccccc5c5c(-c6cccc7c6c6ccccc6n7-c6ccccc6)cccc54)c4c(c3)oc3ccccc34)c2)cc1. The van der Waals surface area contributed by atoms with Crippen LogP contribution in [0.15, 0.2) is 211 Å². The van der Waals surface area contributed by atoms with Crippen molar-refractivity contribution < 1.29 is 4.42 Å². The molecule has 9 aromatic carbocycles. The highest BCUT2D eigenvalue weighted by atomic mass is 16.3. The molecule has 0 aliphatic rings. The van der Waals surface area contributed by atoms with Crippen LogP contribution in [0.5, 0.6) is 0 Å². The van der Waals surface area contributed by atoms with Crippen molar-refractivity contribution in [2.45, 2.75) is 0 Å². The van der Waals surface area contributed by atoms with E-state index >= 15 is 0 Å². The number of hydrogen-bond donors (Lipinski definition) is 0. The van der Waals surface area contributed by atoms with Gasteiger partial charge in [0.1, 0.15) is 11.2 Å². The molecule has 0 radical (unpaired) electrons. The lowest BCUT2D eigenvalue weighted by molar-refractivity contribution is 0.669. The minimum absolute atomic E-state index is 0.870.